The van der Waals surface area contributed by atoms with Crippen LogP contribution in [-0.2, 0) is 5.60 Å². The summed E-state index contributed by atoms with van der Waals surface area (Å²) >= 11 is 11.9. The van der Waals surface area contributed by atoms with Crippen LogP contribution in [0.2, 0.25) is 10.0 Å². The molecule has 18 heavy (non-hydrogen) atoms. The number of hydrogen-bond donors (Lipinski definition) is 1. The van der Waals surface area contributed by atoms with E-state index in [4.69, 9.17) is 23.2 Å². The van der Waals surface area contributed by atoms with Crippen LogP contribution >= 0.6 is 23.2 Å². The first kappa shape index (κ1) is 13.3. The van der Waals surface area contributed by atoms with E-state index in [1.54, 1.807) is 37.3 Å². The molecule has 2 aromatic rings. The Labute approximate surface area is 115 Å². The summed E-state index contributed by atoms with van der Waals surface area (Å²) in [7, 11) is 0. The van der Waals surface area contributed by atoms with Crippen LogP contribution in [0.3, 0.4) is 0 Å². The first-order valence-corrected chi connectivity index (χ1v) is 6.11. The topological polar surface area (TPSA) is 20.2 Å². The van der Waals surface area contributed by atoms with Crippen molar-refractivity contribution in [3.8, 4) is 0 Å². The van der Waals surface area contributed by atoms with Crippen LogP contribution in [0.25, 0.3) is 0 Å². The molecule has 0 saturated heterocycles. The molecule has 0 aliphatic heterocycles. The molecule has 0 fully saturated rings. The number of halogens is 3. The van der Waals surface area contributed by atoms with E-state index in [2.05, 4.69) is 0 Å². The molecule has 1 nitrogen and oxygen atoms in total. The van der Waals surface area contributed by atoms with Gasteiger partial charge in [0.1, 0.15) is 11.4 Å². The minimum Gasteiger partial charge on any atom is -0.381 e. The lowest BCUT2D eigenvalue weighted by molar-refractivity contribution is 0.102. The van der Waals surface area contributed by atoms with Crippen LogP contribution in [0.15, 0.2) is 42.5 Å². The predicted molar refractivity (Wildman–Crippen MR) is 71.5 cm³/mol. The van der Waals surface area contributed by atoms with E-state index < -0.39 is 11.4 Å². The molecule has 1 N–H and O–H groups in total. The summed E-state index contributed by atoms with van der Waals surface area (Å²) in [5.74, 6) is -0.405. The third-order valence-corrected chi connectivity index (χ3v) is 3.39. The second kappa shape index (κ2) is 4.88. The van der Waals surface area contributed by atoms with Gasteiger partial charge in [0.15, 0.2) is 0 Å². The minimum atomic E-state index is -1.37. The molecule has 0 aliphatic carbocycles. The summed E-state index contributed by atoms with van der Waals surface area (Å²) in [4.78, 5) is 0. The number of hydrogen-bond acceptors (Lipinski definition) is 1. The van der Waals surface area contributed by atoms with Gasteiger partial charge in [0.2, 0.25) is 0 Å². The Morgan fingerprint density at radius 3 is 2.44 bits per heavy atom. The van der Waals surface area contributed by atoms with Crippen molar-refractivity contribution in [1.82, 2.24) is 0 Å². The van der Waals surface area contributed by atoms with Crippen LogP contribution < -0.4 is 0 Å². The van der Waals surface area contributed by atoms with E-state index in [-0.39, 0.29) is 0 Å². The van der Waals surface area contributed by atoms with Gasteiger partial charge in [0.25, 0.3) is 0 Å². The number of benzene rings is 2. The van der Waals surface area contributed by atoms with E-state index in [1.165, 1.54) is 12.1 Å². The van der Waals surface area contributed by atoms with Crippen molar-refractivity contribution in [3.63, 3.8) is 0 Å². The molecule has 0 amide bonds. The van der Waals surface area contributed by atoms with Crippen molar-refractivity contribution in [2.45, 2.75) is 12.5 Å². The van der Waals surface area contributed by atoms with Gasteiger partial charge in [-0.3, -0.25) is 0 Å². The average Bonchev–Trinajstić information content (AvgIpc) is 2.28. The zero-order valence-corrected chi connectivity index (χ0v) is 11.1. The molecular formula is C14H11Cl2FO. The first-order chi connectivity index (χ1) is 8.41. The van der Waals surface area contributed by atoms with E-state index >= 15 is 0 Å². The molecule has 0 heterocycles. The molecule has 1 atom stereocenters. The molecule has 4 heteroatoms. The summed E-state index contributed by atoms with van der Waals surface area (Å²) in [5.41, 5.74) is -0.449. The molecular weight excluding hydrogens is 274 g/mol. The maximum Gasteiger partial charge on any atom is 0.123 e. The van der Waals surface area contributed by atoms with Crippen LogP contribution in [0.1, 0.15) is 18.1 Å². The lowest BCUT2D eigenvalue weighted by atomic mass is 9.88. The van der Waals surface area contributed by atoms with E-state index in [0.717, 1.165) is 0 Å². The minimum absolute atomic E-state index is 0.344. The van der Waals surface area contributed by atoms with Gasteiger partial charge in [0, 0.05) is 15.6 Å². The van der Waals surface area contributed by atoms with Gasteiger partial charge in [-0.15, -0.1) is 0 Å². The zero-order valence-electron chi connectivity index (χ0n) is 9.62. The normalized spacial score (nSPS) is 14.3. The van der Waals surface area contributed by atoms with Crippen molar-refractivity contribution < 1.29 is 9.50 Å². The maximum atomic E-state index is 13.2. The standard InChI is InChI=1S/C14H11Cl2FO/c1-14(18,9-3-2-4-11(17)7-9)12-6-5-10(15)8-13(12)16/h2-8,18H,1H3. The molecule has 0 saturated carbocycles. The van der Waals surface area contributed by atoms with E-state index in [1.807, 2.05) is 0 Å². The molecule has 0 radical (unpaired) electrons. The van der Waals surface area contributed by atoms with Gasteiger partial charge in [0.05, 0.1) is 0 Å². The summed E-state index contributed by atoms with van der Waals surface area (Å²) < 4.78 is 13.2. The highest BCUT2D eigenvalue weighted by Gasteiger charge is 2.28. The predicted octanol–water partition coefficient (Wildman–Crippen LogP) is 4.39. The van der Waals surface area contributed by atoms with Crippen LogP contribution in [0.5, 0.6) is 0 Å². The fraction of sp³-hybridized carbons (Fsp3) is 0.143. The van der Waals surface area contributed by atoms with Gasteiger partial charge >= 0.3 is 0 Å². The lowest BCUT2D eigenvalue weighted by Crippen LogP contribution is -2.23. The second-order valence-corrected chi connectivity index (χ2v) is 5.05. The Balaban J connectivity index is 2.53. The van der Waals surface area contributed by atoms with Crippen molar-refractivity contribution in [3.05, 3.63) is 69.5 Å². The maximum absolute atomic E-state index is 13.2. The van der Waals surface area contributed by atoms with Crippen molar-refractivity contribution in [1.29, 1.82) is 0 Å². The molecule has 2 aromatic carbocycles. The Morgan fingerprint density at radius 1 is 1.11 bits per heavy atom. The Morgan fingerprint density at radius 2 is 1.83 bits per heavy atom. The van der Waals surface area contributed by atoms with Gasteiger partial charge in [-0.25, -0.2) is 4.39 Å². The van der Waals surface area contributed by atoms with Crippen molar-refractivity contribution >= 4 is 23.2 Å². The Kier molecular flexibility index (Phi) is 3.62. The van der Waals surface area contributed by atoms with Gasteiger partial charge < -0.3 is 5.11 Å². The van der Waals surface area contributed by atoms with Crippen molar-refractivity contribution in [2.75, 3.05) is 0 Å². The molecule has 2 rings (SSSR count). The highest BCUT2D eigenvalue weighted by molar-refractivity contribution is 6.35. The Hall–Kier alpha value is -1.09. The second-order valence-electron chi connectivity index (χ2n) is 4.21. The van der Waals surface area contributed by atoms with Crippen molar-refractivity contribution in [2.24, 2.45) is 0 Å². The van der Waals surface area contributed by atoms with Gasteiger partial charge in [-0.1, -0.05) is 41.4 Å². The quantitative estimate of drug-likeness (QED) is 0.867. The van der Waals surface area contributed by atoms with Gasteiger partial charge in [-0.05, 0) is 36.8 Å². The monoisotopic (exact) mass is 284 g/mol. The largest absolute Gasteiger partial charge is 0.381 e. The third kappa shape index (κ3) is 2.51. The zero-order chi connectivity index (χ0) is 13.3. The third-order valence-electron chi connectivity index (χ3n) is 2.84. The lowest BCUT2D eigenvalue weighted by Gasteiger charge is -2.25. The number of aliphatic hydroxyl groups is 1. The SMILES string of the molecule is CC(O)(c1cccc(F)c1)c1ccc(Cl)cc1Cl. The van der Waals surface area contributed by atoms with Crippen LogP contribution in [-0.4, -0.2) is 5.11 Å². The highest BCUT2D eigenvalue weighted by Crippen LogP contribution is 2.35. The van der Waals surface area contributed by atoms with Crippen LogP contribution in [0.4, 0.5) is 4.39 Å². The molecule has 0 aliphatic rings. The van der Waals surface area contributed by atoms with Crippen LogP contribution in [0, 0.1) is 5.82 Å². The summed E-state index contributed by atoms with van der Waals surface area (Å²) in [5, 5.41) is 11.4. The fourth-order valence-corrected chi connectivity index (χ4v) is 2.42. The summed E-state index contributed by atoms with van der Waals surface area (Å²) in [6, 6.07) is 10.6. The molecule has 1 unspecified atom stereocenters. The summed E-state index contributed by atoms with van der Waals surface area (Å²) in [6.07, 6.45) is 0. The molecule has 0 spiro atoms. The first-order valence-electron chi connectivity index (χ1n) is 5.35. The average molecular weight is 285 g/mol. The Bertz CT molecular complexity index is 582. The van der Waals surface area contributed by atoms with E-state index in [0.29, 0.717) is 21.2 Å². The summed E-state index contributed by atoms with van der Waals surface area (Å²) in [6.45, 7) is 1.57. The number of rotatable bonds is 2. The molecule has 94 valence electrons. The molecule has 0 aromatic heterocycles. The van der Waals surface area contributed by atoms with Gasteiger partial charge in [-0.2, -0.15) is 0 Å². The smallest absolute Gasteiger partial charge is 0.123 e. The highest BCUT2D eigenvalue weighted by atomic mass is 35.5. The molecule has 0 bridgehead atoms. The fourth-order valence-electron chi connectivity index (χ4n) is 1.83. The van der Waals surface area contributed by atoms with E-state index in [9.17, 15) is 9.50 Å².